The molecule has 0 aromatic carbocycles. The molecule has 1 saturated heterocycles. The summed E-state index contributed by atoms with van der Waals surface area (Å²) in [5.74, 6) is 0.236. The van der Waals surface area contributed by atoms with Gasteiger partial charge < -0.3 is 10.2 Å². The number of nitrogens with zero attached hydrogens (tertiary/aromatic N) is 1. The van der Waals surface area contributed by atoms with E-state index in [9.17, 15) is 4.79 Å². The van der Waals surface area contributed by atoms with Gasteiger partial charge in [0, 0.05) is 26.6 Å². The highest BCUT2D eigenvalue weighted by Gasteiger charge is 2.15. The van der Waals surface area contributed by atoms with Gasteiger partial charge in [-0.1, -0.05) is 12.8 Å². The van der Waals surface area contributed by atoms with E-state index < -0.39 is 0 Å². The normalized spacial score (nSPS) is 23.7. The lowest BCUT2D eigenvalue weighted by Gasteiger charge is -2.17. The highest BCUT2D eigenvalue weighted by atomic mass is 16.2. The lowest BCUT2D eigenvalue weighted by Crippen LogP contribution is -2.34. The summed E-state index contributed by atoms with van der Waals surface area (Å²) in [5.41, 5.74) is 0. The molecule has 3 nitrogen and oxygen atoms in total. The van der Waals surface area contributed by atoms with Crippen molar-refractivity contribution < 1.29 is 4.79 Å². The van der Waals surface area contributed by atoms with Gasteiger partial charge in [0.25, 0.3) is 0 Å². The first-order valence-corrected chi connectivity index (χ1v) is 5.13. The minimum Gasteiger partial charge on any atom is -0.349 e. The second-order valence-electron chi connectivity index (χ2n) is 3.99. The highest BCUT2D eigenvalue weighted by Crippen LogP contribution is 2.11. The van der Waals surface area contributed by atoms with Crippen LogP contribution in [-0.2, 0) is 4.79 Å². The highest BCUT2D eigenvalue weighted by molar-refractivity contribution is 5.76. The first-order chi connectivity index (χ1) is 6.20. The summed E-state index contributed by atoms with van der Waals surface area (Å²) in [5, 5.41) is 3.42. The summed E-state index contributed by atoms with van der Waals surface area (Å²) in [6.45, 7) is 1.07. The first-order valence-electron chi connectivity index (χ1n) is 5.13. The molecule has 0 spiro atoms. The van der Waals surface area contributed by atoms with Crippen molar-refractivity contribution in [2.45, 2.75) is 38.1 Å². The Balaban J connectivity index is 2.29. The van der Waals surface area contributed by atoms with Crippen molar-refractivity contribution >= 4 is 5.91 Å². The SMILES string of the molecule is CN(C)C(=O)CC1CCCCCN1. The van der Waals surface area contributed by atoms with Gasteiger partial charge in [-0.25, -0.2) is 0 Å². The van der Waals surface area contributed by atoms with Crippen molar-refractivity contribution in [2.75, 3.05) is 20.6 Å². The molecule has 0 radical (unpaired) electrons. The Kier molecular flexibility index (Phi) is 4.22. The lowest BCUT2D eigenvalue weighted by atomic mass is 10.1. The van der Waals surface area contributed by atoms with Crippen LogP contribution in [0.4, 0.5) is 0 Å². The van der Waals surface area contributed by atoms with Crippen LogP contribution < -0.4 is 5.32 Å². The van der Waals surface area contributed by atoms with Crippen LogP contribution in [0.25, 0.3) is 0 Å². The second kappa shape index (κ2) is 5.22. The zero-order valence-electron chi connectivity index (χ0n) is 8.68. The molecule has 0 saturated carbocycles. The maximum atomic E-state index is 11.4. The number of rotatable bonds is 2. The topological polar surface area (TPSA) is 32.3 Å². The van der Waals surface area contributed by atoms with E-state index in [0.29, 0.717) is 12.5 Å². The van der Waals surface area contributed by atoms with Gasteiger partial charge >= 0.3 is 0 Å². The minimum atomic E-state index is 0.236. The van der Waals surface area contributed by atoms with Gasteiger partial charge in [0.15, 0.2) is 0 Å². The molecule has 1 amide bonds. The van der Waals surface area contributed by atoms with E-state index in [4.69, 9.17) is 0 Å². The van der Waals surface area contributed by atoms with Crippen molar-refractivity contribution in [3.05, 3.63) is 0 Å². The molecule has 0 aliphatic carbocycles. The maximum Gasteiger partial charge on any atom is 0.223 e. The van der Waals surface area contributed by atoms with Gasteiger partial charge in [-0.15, -0.1) is 0 Å². The predicted molar refractivity (Wildman–Crippen MR) is 53.6 cm³/mol. The van der Waals surface area contributed by atoms with Crippen LogP contribution in [-0.4, -0.2) is 37.5 Å². The number of hydrogen-bond acceptors (Lipinski definition) is 2. The molecule has 1 atom stereocenters. The van der Waals surface area contributed by atoms with E-state index >= 15 is 0 Å². The number of carbonyl (C=O) groups is 1. The van der Waals surface area contributed by atoms with Crippen molar-refractivity contribution in [1.29, 1.82) is 0 Å². The van der Waals surface area contributed by atoms with Crippen molar-refractivity contribution in [3.8, 4) is 0 Å². The number of carbonyl (C=O) groups excluding carboxylic acids is 1. The molecule has 1 aliphatic heterocycles. The van der Waals surface area contributed by atoms with E-state index in [0.717, 1.165) is 13.0 Å². The molecule has 1 fully saturated rings. The minimum absolute atomic E-state index is 0.236. The van der Waals surface area contributed by atoms with E-state index in [1.54, 1.807) is 4.90 Å². The molecule has 0 aromatic heterocycles. The van der Waals surface area contributed by atoms with E-state index in [-0.39, 0.29) is 5.91 Å². The molecule has 1 aliphatic rings. The van der Waals surface area contributed by atoms with Crippen LogP contribution in [0.3, 0.4) is 0 Å². The summed E-state index contributed by atoms with van der Waals surface area (Å²) >= 11 is 0. The molecule has 13 heavy (non-hydrogen) atoms. The van der Waals surface area contributed by atoms with E-state index in [1.807, 2.05) is 14.1 Å². The fraction of sp³-hybridized carbons (Fsp3) is 0.900. The van der Waals surface area contributed by atoms with Gasteiger partial charge in [-0.3, -0.25) is 4.79 Å². The number of hydrogen-bond donors (Lipinski definition) is 1. The Morgan fingerprint density at radius 1 is 1.38 bits per heavy atom. The van der Waals surface area contributed by atoms with Gasteiger partial charge in [0.2, 0.25) is 5.91 Å². The molecule has 3 heteroatoms. The summed E-state index contributed by atoms with van der Waals surface area (Å²) in [6.07, 6.45) is 5.64. The van der Waals surface area contributed by atoms with Gasteiger partial charge in [0.05, 0.1) is 0 Å². The molecule has 1 heterocycles. The fourth-order valence-electron chi connectivity index (χ4n) is 1.67. The molecule has 0 bridgehead atoms. The standard InChI is InChI=1S/C10H20N2O/c1-12(2)10(13)8-9-6-4-3-5-7-11-9/h9,11H,3-8H2,1-2H3. The summed E-state index contributed by atoms with van der Waals surface area (Å²) < 4.78 is 0. The average molecular weight is 184 g/mol. The molecule has 76 valence electrons. The predicted octanol–water partition coefficient (Wildman–Crippen LogP) is 0.997. The molecule has 1 unspecified atom stereocenters. The molecule has 1 N–H and O–H groups in total. The summed E-state index contributed by atoms with van der Waals surface area (Å²) in [6, 6.07) is 0.414. The third-order valence-corrected chi connectivity index (χ3v) is 2.58. The zero-order valence-corrected chi connectivity index (χ0v) is 8.68. The Bertz CT molecular complexity index is 160. The molecule has 0 aromatic rings. The van der Waals surface area contributed by atoms with Crippen molar-refractivity contribution in [1.82, 2.24) is 10.2 Å². The molecular formula is C10H20N2O. The zero-order chi connectivity index (χ0) is 9.68. The Morgan fingerprint density at radius 3 is 2.85 bits per heavy atom. The third kappa shape index (κ3) is 3.77. The Hall–Kier alpha value is -0.570. The van der Waals surface area contributed by atoms with Crippen LogP contribution in [0.15, 0.2) is 0 Å². The molecular weight excluding hydrogens is 164 g/mol. The first kappa shape index (κ1) is 10.5. The third-order valence-electron chi connectivity index (χ3n) is 2.58. The Labute approximate surface area is 80.5 Å². The second-order valence-corrected chi connectivity index (χ2v) is 3.99. The van der Waals surface area contributed by atoms with Crippen LogP contribution in [0.1, 0.15) is 32.1 Å². The summed E-state index contributed by atoms with van der Waals surface area (Å²) in [7, 11) is 3.64. The monoisotopic (exact) mass is 184 g/mol. The van der Waals surface area contributed by atoms with Gasteiger partial charge in [-0.05, 0) is 19.4 Å². The van der Waals surface area contributed by atoms with E-state index in [2.05, 4.69) is 5.32 Å². The fourth-order valence-corrected chi connectivity index (χ4v) is 1.67. The number of amides is 1. The van der Waals surface area contributed by atoms with Crippen LogP contribution in [0.2, 0.25) is 0 Å². The number of nitrogens with one attached hydrogen (secondary N) is 1. The van der Waals surface area contributed by atoms with Crippen LogP contribution in [0, 0.1) is 0 Å². The smallest absolute Gasteiger partial charge is 0.223 e. The average Bonchev–Trinajstić information content (AvgIpc) is 2.32. The van der Waals surface area contributed by atoms with Crippen LogP contribution in [0.5, 0.6) is 0 Å². The lowest BCUT2D eigenvalue weighted by molar-refractivity contribution is -0.129. The van der Waals surface area contributed by atoms with Crippen molar-refractivity contribution in [2.24, 2.45) is 0 Å². The molecule has 1 rings (SSSR count). The van der Waals surface area contributed by atoms with Gasteiger partial charge in [-0.2, -0.15) is 0 Å². The van der Waals surface area contributed by atoms with Crippen molar-refractivity contribution in [3.63, 3.8) is 0 Å². The van der Waals surface area contributed by atoms with Gasteiger partial charge in [0.1, 0.15) is 0 Å². The largest absolute Gasteiger partial charge is 0.349 e. The maximum absolute atomic E-state index is 11.4. The quantitative estimate of drug-likeness (QED) is 0.694. The van der Waals surface area contributed by atoms with Crippen LogP contribution >= 0.6 is 0 Å². The van der Waals surface area contributed by atoms with E-state index in [1.165, 1.54) is 19.3 Å². The Morgan fingerprint density at radius 2 is 2.15 bits per heavy atom. The summed E-state index contributed by atoms with van der Waals surface area (Å²) in [4.78, 5) is 13.1.